The van der Waals surface area contributed by atoms with Crippen molar-refractivity contribution in [3.05, 3.63) is 94.5 Å². The fraction of sp³-hybridized carbons (Fsp3) is 0.333. The van der Waals surface area contributed by atoms with Crippen LogP contribution in [-0.2, 0) is 26.2 Å². The minimum Gasteiger partial charge on any atom is -0.352 e. The van der Waals surface area contributed by atoms with Crippen molar-refractivity contribution in [3.8, 4) is 0 Å². The summed E-state index contributed by atoms with van der Waals surface area (Å²) in [6, 6.07) is 19.6. The van der Waals surface area contributed by atoms with Crippen molar-refractivity contribution in [3.63, 3.8) is 0 Å². The van der Waals surface area contributed by atoms with Crippen molar-refractivity contribution in [2.24, 2.45) is 0 Å². The third-order valence-corrected chi connectivity index (χ3v) is 8.66. The van der Waals surface area contributed by atoms with Crippen LogP contribution in [0.25, 0.3) is 0 Å². The molecular weight excluding hydrogens is 534 g/mol. The van der Waals surface area contributed by atoms with Crippen LogP contribution in [0.2, 0.25) is 5.02 Å². The lowest BCUT2D eigenvalue weighted by Gasteiger charge is -2.33. The van der Waals surface area contributed by atoms with Crippen LogP contribution in [0.5, 0.6) is 0 Å². The molecule has 0 aliphatic carbocycles. The molecule has 0 saturated heterocycles. The maximum atomic E-state index is 14.0. The molecule has 7 nitrogen and oxygen atoms in total. The highest BCUT2D eigenvalue weighted by Gasteiger charge is 2.33. The van der Waals surface area contributed by atoms with Crippen LogP contribution < -0.4 is 9.62 Å². The highest BCUT2D eigenvalue weighted by atomic mass is 35.5. The van der Waals surface area contributed by atoms with Crippen LogP contribution in [-0.4, -0.2) is 43.8 Å². The molecule has 0 bridgehead atoms. The van der Waals surface area contributed by atoms with E-state index >= 15 is 0 Å². The summed E-state index contributed by atoms with van der Waals surface area (Å²) in [4.78, 5) is 28.6. The van der Waals surface area contributed by atoms with Gasteiger partial charge in [-0.25, -0.2) is 8.42 Å². The Labute approximate surface area is 236 Å². The molecule has 0 aromatic heterocycles. The minimum atomic E-state index is -4.14. The monoisotopic (exact) mass is 569 g/mol. The summed E-state index contributed by atoms with van der Waals surface area (Å²) in [6.45, 7) is 8.86. The van der Waals surface area contributed by atoms with Crippen LogP contribution in [0.1, 0.15) is 43.9 Å². The summed E-state index contributed by atoms with van der Waals surface area (Å²) in [5, 5.41) is 3.28. The van der Waals surface area contributed by atoms with E-state index in [1.807, 2.05) is 45.0 Å². The van der Waals surface area contributed by atoms with Crippen LogP contribution >= 0.6 is 11.6 Å². The molecule has 0 heterocycles. The Bertz CT molecular complexity index is 1410. The van der Waals surface area contributed by atoms with Gasteiger partial charge in [0.05, 0.1) is 10.6 Å². The average Bonchev–Trinajstić information content (AvgIpc) is 2.91. The first-order chi connectivity index (χ1) is 18.4. The minimum absolute atomic E-state index is 0.0463. The van der Waals surface area contributed by atoms with Gasteiger partial charge in [0.1, 0.15) is 12.6 Å². The maximum absolute atomic E-state index is 14.0. The molecule has 2 atom stereocenters. The number of benzene rings is 3. The van der Waals surface area contributed by atoms with E-state index in [4.69, 9.17) is 11.6 Å². The van der Waals surface area contributed by atoms with Crippen molar-refractivity contribution in [1.29, 1.82) is 0 Å². The summed E-state index contributed by atoms with van der Waals surface area (Å²) < 4.78 is 28.8. The number of hydrogen-bond acceptors (Lipinski definition) is 4. The quantitative estimate of drug-likeness (QED) is 0.331. The summed E-state index contributed by atoms with van der Waals surface area (Å²) in [5.74, 6) is -0.816. The Hall–Kier alpha value is -3.36. The van der Waals surface area contributed by atoms with E-state index in [-0.39, 0.29) is 23.4 Å². The zero-order valence-electron chi connectivity index (χ0n) is 23.0. The predicted octanol–water partition coefficient (Wildman–Crippen LogP) is 5.48. The lowest BCUT2D eigenvalue weighted by atomic mass is 10.1. The molecule has 39 heavy (non-hydrogen) atoms. The van der Waals surface area contributed by atoms with Gasteiger partial charge in [-0.05, 0) is 69.5 Å². The molecule has 3 aromatic carbocycles. The third-order valence-electron chi connectivity index (χ3n) is 6.65. The second-order valence-electron chi connectivity index (χ2n) is 9.76. The van der Waals surface area contributed by atoms with Gasteiger partial charge in [-0.15, -0.1) is 0 Å². The number of halogens is 1. The number of anilines is 1. The first kappa shape index (κ1) is 30.2. The van der Waals surface area contributed by atoms with E-state index in [0.29, 0.717) is 16.3 Å². The van der Waals surface area contributed by atoms with Gasteiger partial charge in [-0.1, -0.05) is 72.6 Å². The summed E-state index contributed by atoms with van der Waals surface area (Å²) in [5.41, 5.74) is 2.79. The van der Waals surface area contributed by atoms with E-state index in [1.165, 1.54) is 23.1 Å². The van der Waals surface area contributed by atoms with E-state index in [2.05, 4.69) is 5.32 Å². The van der Waals surface area contributed by atoms with Crippen molar-refractivity contribution >= 4 is 39.1 Å². The van der Waals surface area contributed by atoms with Crippen LogP contribution in [0.15, 0.2) is 77.7 Å². The Morgan fingerprint density at radius 2 is 1.64 bits per heavy atom. The zero-order chi connectivity index (χ0) is 28.7. The van der Waals surface area contributed by atoms with Crippen molar-refractivity contribution in [2.45, 2.75) is 64.6 Å². The van der Waals surface area contributed by atoms with Gasteiger partial charge in [0.2, 0.25) is 11.8 Å². The SMILES string of the molecule is CC[C@H](C)NC(=O)[C@@H](C)N(Cc1cccc(C)c1)C(=O)CN(c1cc(Cl)ccc1C)S(=O)(=O)c1ccccc1. The molecule has 0 fully saturated rings. The highest BCUT2D eigenvalue weighted by Crippen LogP contribution is 2.30. The Balaban J connectivity index is 2.06. The van der Waals surface area contributed by atoms with E-state index in [0.717, 1.165) is 21.9 Å². The highest BCUT2D eigenvalue weighted by molar-refractivity contribution is 7.92. The van der Waals surface area contributed by atoms with Gasteiger partial charge in [-0.2, -0.15) is 0 Å². The van der Waals surface area contributed by atoms with Crippen LogP contribution in [0.4, 0.5) is 5.69 Å². The smallest absolute Gasteiger partial charge is 0.264 e. The molecule has 0 aliphatic rings. The summed E-state index contributed by atoms with van der Waals surface area (Å²) >= 11 is 6.26. The van der Waals surface area contributed by atoms with Gasteiger partial charge in [0, 0.05) is 17.6 Å². The van der Waals surface area contributed by atoms with Crippen molar-refractivity contribution in [2.75, 3.05) is 10.8 Å². The second-order valence-corrected chi connectivity index (χ2v) is 12.1. The number of nitrogens with zero attached hydrogens (tertiary/aromatic N) is 2. The fourth-order valence-corrected chi connectivity index (χ4v) is 5.80. The van der Waals surface area contributed by atoms with E-state index in [1.54, 1.807) is 44.2 Å². The second kappa shape index (κ2) is 13.1. The lowest BCUT2D eigenvalue weighted by molar-refractivity contribution is -0.139. The number of aryl methyl sites for hydroxylation is 2. The largest absolute Gasteiger partial charge is 0.352 e. The van der Waals surface area contributed by atoms with Crippen LogP contribution in [0, 0.1) is 13.8 Å². The topological polar surface area (TPSA) is 86.8 Å². The fourth-order valence-electron chi connectivity index (χ4n) is 4.14. The third kappa shape index (κ3) is 7.61. The summed E-state index contributed by atoms with van der Waals surface area (Å²) in [6.07, 6.45) is 0.738. The molecule has 0 spiro atoms. The lowest BCUT2D eigenvalue weighted by Crippen LogP contribution is -2.52. The molecule has 0 saturated carbocycles. The average molecular weight is 570 g/mol. The zero-order valence-corrected chi connectivity index (χ0v) is 24.6. The number of nitrogens with one attached hydrogen (secondary N) is 1. The number of carbonyl (C=O) groups is 2. The van der Waals surface area contributed by atoms with Crippen LogP contribution in [0.3, 0.4) is 0 Å². The first-order valence-electron chi connectivity index (χ1n) is 12.9. The Morgan fingerprint density at radius 1 is 0.949 bits per heavy atom. The molecular formula is C30H36ClN3O4S. The van der Waals surface area contributed by atoms with Gasteiger partial charge in [0.15, 0.2) is 0 Å². The van der Waals surface area contributed by atoms with E-state index in [9.17, 15) is 18.0 Å². The van der Waals surface area contributed by atoms with Gasteiger partial charge >= 0.3 is 0 Å². The molecule has 3 rings (SSSR count). The molecule has 208 valence electrons. The maximum Gasteiger partial charge on any atom is 0.264 e. The standard InChI is InChI=1S/C30H36ClN3O4S/c1-6-23(4)32-30(36)24(5)33(19-25-12-10-11-21(2)17-25)29(35)20-34(28-18-26(31)16-15-22(28)3)39(37,38)27-13-8-7-9-14-27/h7-18,23-24H,6,19-20H2,1-5H3,(H,32,36)/t23-,24+/m0/s1. The first-order valence-corrected chi connectivity index (χ1v) is 14.7. The number of carbonyl (C=O) groups excluding carboxylic acids is 2. The molecule has 1 N–H and O–H groups in total. The predicted molar refractivity (Wildman–Crippen MR) is 156 cm³/mol. The number of rotatable bonds is 11. The molecule has 3 aromatic rings. The molecule has 0 unspecified atom stereocenters. The van der Waals surface area contributed by atoms with Gasteiger partial charge in [0.25, 0.3) is 10.0 Å². The van der Waals surface area contributed by atoms with E-state index < -0.39 is 28.5 Å². The molecule has 0 aliphatic heterocycles. The molecule has 2 amide bonds. The number of amides is 2. The number of sulfonamides is 1. The summed E-state index contributed by atoms with van der Waals surface area (Å²) in [7, 11) is -4.14. The van der Waals surface area contributed by atoms with Crippen molar-refractivity contribution in [1.82, 2.24) is 10.2 Å². The normalized spacial score (nSPS) is 12.9. The number of hydrogen-bond donors (Lipinski definition) is 1. The van der Waals surface area contributed by atoms with Crippen molar-refractivity contribution < 1.29 is 18.0 Å². The Morgan fingerprint density at radius 3 is 2.28 bits per heavy atom. The molecule has 0 radical (unpaired) electrons. The molecule has 9 heteroatoms. The van der Waals surface area contributed by atoms with Gasteiger partial charge < -0.3 is 10.2 Å². The Kier molecular flexibility index (Phi) is 10.2. The van der Waals surface area contributed by atoms with Gasteiger partial charge in [-0.3, -0.25) is 13.9 Å².